The average molecular weight is 256 g/mol. The van der Waals surface area contributed by atoms with E-state index in [0.29, 0.717) is 17.2 Å². The molecule has 0 bridgehead atoms. The lowest BCUT2D eigenvalue weighted by atomic mass is 10.3. The van der Waals surface area contributed by atoms with Gasteiger partial charge in [-0.3, -0.25) is 0 Å². The van der Waals surface area contributed by atoms with Crippen molar-refractivity contribution in [3.63, 3.8) is 0 Å². The molecule has 3 rings (SSSR count). The Morgan fingerprint density at radius 2 is 1.79 bits per heavy atom. The maximum Gasteiger partial charge on any atom is 0.153 e. The second kappa shape index (κ2) is 4.85. The van der Waals surface area contributed by atoms with Gasteiger partial charge in [-0.05, 0) is 46.8 Å². The number of ether oxygens (including phenoxy) is 1. The molecule has 0 aliphatic rings. The zero-order chi connectivity index (χ0) is 13.1. The minimum absolute atomic E-state index is 0.305. The molecule has 1 heterocycles. The Hall–Kier alpha value is -2.76. The lowest BCUT2D eigenvalue weighted by Gasteiger charge is -2.09. The van der Waals surface area contributed by atoms with Crippen LogP contribution in [0.5, 0.6) is 11.5 Å². The van der Waals surface area contributed by atoms with Crippen molar-refractivity contribution >= 4 is 0 Å². The topological polar surface area (TPSA) is 52.8 Å². The zero-order valence-corrected chi connectivity index (χ0v) is 9.77. The second-order valence-electron chi connectivity index (χ2n) is 3.78. The van der Waals surface area contributed by atoms with Gasteiger partial charge in [0.05, 0.1) is 0 Å². The summed E-state index contributed by atoms with van der Waals surface area (Å²) in [5.74, 6) is 0.824. The Kier molecular flexibility index (Phi) is 2.89. The van der Waals surface area contributed by atoms with Crippen LogP contribution in [0.4, 0.5) is 4.39 Å². The molecule has 6 heteroatoms. The predicted octanol–water partition coefficient (Wildman–Crippen LogP) is 2.59. The summed E-state index contributed by atoms with van der Waals surface area (Å²) in [4.78, 5) is 0. The van der Waals surface area contributed by atoms with Gasteiger partial charge >= 0.3 is 0 Å². The second-order valence-corrected chi connectivity index (χ2v) is 3.78. The van der Waals surface area contributed by atoms with Crippen molar-refractivity contribution in [1.82, 2.24) is 20.2 Å². The van der Waals surface area contributed by atoms with Crippen molar-refractivity contribution in [3.8, 4) is 17.2 Å². The molecule has 0 fully saturated rings. The van der Waals surface area contributed by atoms with E-state index in [0.717, 1.165) is 0 Å². The molecule has 0 aliphatic carbocycles. The van der Waals surface area contributed by atoms with Crippen LogP contribution in [-0.2, 0) is 0 Å². The number of tetrazole rings is 1. The van der Waals surface area contributed by atoms with Crippen molar-refractivity contribution in [2.24, 2.45) is 0 Å². The van der Waals surface area contributed by atoms with E-state index >= 15 is 0 Å². The molecule has 1 aromatic heterocycles. The van der Waals surface area contributed by atoms with E-state index in [1.54, 1.807) is 18.2 Å². The maximum atomic E-state index is 12.8. The zero-order valence-electron chi connectivity index (χ0n) is 9.77. The van der Waals surface area contributed by atoms with Crippen LogP contribution >= 0.6 is 0 Å². The minimum atomic E-state index is -0.305. The van der Waals surface area contributed by atoms with Gasteiger partial charge in [0.25, 0.3) is 0 Å². The van der Waals surface area contributed by atoms with Gasteiger partial charge < -0.3 is 4.74 Å². The van der Waals surface area contributed by atoms with E-state index < -0.39 is 0 Å². The molecule has 0 spiro atoms. The Labute approximate surface area is 108 Å². The van der Waals surface area contributed by atoms with Gasteiger partial charge in [0, 0.05) is 0 Å². The van der Waals surface area contributed by atoms with Crippen molar-refractivity contribution in [2.75, 3.05) is 0 Å². The lowest BCUT2D eigenvalue weighted by Crippen LogP contribution is -1.98. The van der Waals surface area contributed by atoms with Crippen LogP contribution in [0.1, 0.15) is 0 Å². The summed E-state index contributed by atoms with van der Waals surface area (Å²) in [6.07, 6.45) is 1.48. The van der Waals surface area contributed by atoms with Crippen LogP contribution in [0.25, 0.3) is 5.69 Å². The van der Waals surface area contributed by atoms with Crippen LogP contribution < -0.4 is 4.74 Å². The van der Waals surface area contributed by atoms with E-state index in [-0.39, 0.29) is 5.82 Å². The van der Waals surface area contributed by atoms with Crippen molar-refractivity contribution in [1.29, 1.82) is 0 Å². The Bertz CT molecular complexity index is 667. The molecule has 0 atom stereocenters. The van der Waals surface area contributed by atoms with E-state index in [1.165, 1.54) is 23.1 Å². The molecule has 0 aliphatic heterocycles. The molecule has 0 amide bonds. The summed E-state index contributed by atoms with van der Waals surface area (Å²) >= 11 is 0. The number of hydrogen-bond donors (Lipinski definition) is 0. The first kappa shape index (κ1) is 11.3. The van der Waals surface area contributed by atoms with E-state index in [1.807, 2.05) is 18.2 Å². The third-order valence-electron chi connectivity index (χ3n) is 2.50. The summed E-state index contributed by atoms with van der Waals surface area (Å²) in [6, 6.07) is 13.1. The third kappa shape index (κ3) is 2.42. The average Bonchev–Trinajstić information content (AvgIpc) is 2.96. The van der Waals surface area contributed by atoms with Gasteiger partial charge in [-0.2, -0.15) is 4.68 Å². The number of aromatic nitrogens is 4. The van der Waals surface area contributed by atoms with E-state index in [4.69, 9.17) is 4.74 Å². The number of nitrogens with zero attached hydrogens (tertiary/aromatic N) is 4. The number of hydrogen-bond acceptors (Lipinski definition) is 4. The van der Waals surface area contributed by atoms with Crippen LogP contribution in [0.15, 0.2) is 54.9 Å². The van der Waals surface area contributed by atoms with E-state index in [9.17, 15) is 4.39 Å². The van der Waals surface area contributed by atoms with Gasteiger partial charge in [0.15, 0.2) is 5.75 Å². The summed E-state index contributed by atoms with van der Waals surface area (Å²) in [5, 5.41) is 11.0. The van der Waals surface area contributed by atoms with Gasteiger partial charge in [-0.15, -0.1) is 5.10 Å². The normalized spacial score (nSPS) is 10.4. The van der Waals surface area contributed by atoms with Crippen LogP contribution in [0.3, 0.4) is 0 Å². The molecule has 3 aromatic rings. The van der Waals surface area contributed by atoms with Crippen LogP contribution in [0, 0.1) is 5.82 Å². The number of halogens is 1. The van der Waals surface area contributed by atoms with Crippen LogP contribution in [0.2, 0.25) is 0 Å². The molecule has 0 unspecified atom stereocenters. The Morgan fingerprint density at radius 3 is 2.53 bits per heavy atom. The Balaban J connectivity index is 1.95. The molecular weight excluding hydrogens is 247 g/mol. The first-order chi connectivity index (χ1) is 9.33. The maximum absolute atomic E-state index is 12.8. The molecule has 0 saturated carbocycles. The van der Waals surface area contributed by atoms with Gasteiger partial charge in [-0.25, -0.2) is 4.39 Å². The highest BCUT2D eigenvalue weighted by molar-refractivity contribution is 5.47. The number of benzene rings is 2. The fraction of sp³-hybridized carbons (Fsp3) is 0. The quantitative estimate of drug-likeness (QED) is 0.722. The lowest BCUT2D eigenvalue weighted by molar-refractivity contribution is 0.475. The third-order valence-corrected chi connectivity index (χ3v) is 2.50. The van der Waals surface area contributed by atoms with Crippen molar-refractivity contribution < 1.29 is 9.13 Å². The highest BCUT2D eigenvalue weighted by atomic mass is 19.1. The summed E-state index contributed by atoms with van der Waals surface area (Å²) in [7, 11) is 0. The van der Waals surface area contributed by atoms with Crippen molar-refractivity contribution in [3.05, 3.63) is 60.7 Å². The minimum Gasteiger partial charge on any atom is -0.455 e. The number of rotatable bonds is 3. The summed E-state index contributed by atoms with van der Waals surface area (Å²) in [5.41, 5.74) is 0.705. The standard InChI is InChI=1S/C13H9FN4O/c14-10-5-7-11(8-6-10)19-13-4-2-1-3-12(13)18-9-15-16-17-18/h1-9H. The SMILES string of the molecule is Fc1ccc(Oc2ccccc2-n2cnnn2)cc1. The first-order valence-electron chi connectivity index (χ1n) is 5.59. The van der Waals surface area contributed by atoms with Crippen molar-refractivity contribution in [2.45, 2.75) is 0 Å². The summed E-state index contributed by atoms with van der Waals surface area (Å²) < 4.78 is 20.0. The fourth-order valence-corrected chi connectivity index (χ4v) is 1.63. The highest BCUT2D eigenvalue weighted by Crippen LogP contribution is 2.27. The number of para-hydroxylation sites is 2. The smallest absolute Gasteiger partial charge is 0.153 e. The molecular formula is C13H9FN4O. The van der Waals surface area contributed by atoms with Gasteiger partial charge in [0.2, 0.25) is 0 Å². The van der Waals surface area contributed by atoms with Gasteiger partial charge in [0.1, 0.15) is 23.6 Å². The van der Waals surface area contributed by atoms with E-state index in [2.05, 4.69) is 15.5 Å². The molecule has 2 aromatic carbocycles. The van der Waals surface area contributed by atoms with Gasteiger partial charge in [-0.1, -0.05) is 12.1 Å². The summed E-state index contributed by atoms with van der Waals surface area (Å²) in [6.45, 7) is 0. The monoisotopic (exact) mass is 256 g/mol. The molecule has 19 heavy (non-hydrogen) atoms. The molecule has 0 N–H and O–H groups in total. The largest absolute Gasteiger partial charge is 0.455 e. The predicted molar refractivity (Wildman–Crippen MR) is 65.6 cm³/mol. The molecule has 0 saturated heterocycles. The highest BCUT2D eigenvalue weighted by Gasteiger charge is 2.07. The molecule has 5 nitrogen and oxygen atoms in total. The molecule has 0 radical (unpaired) electrons. The molecule has 94 valence electrons. The Morgan fingerprint density at radius 1 is 1.00 bits per heavy atom. The first-order valence-corrected chi connectivity index (χ1v) is 5.59. The van der Waals surface area contributed by atoms with Crippen LogP contribution in [-0.4, -0.2) is 20.2 Å². The fourth-order valence-electron chi connectivity index (χ4n) is 1.63.